The van der Waals surface area contributed by atoms with Crippen LogP contribution in [-0.4, -0.2) is 30.6 Å². The third kappa shape index (κ3) is 2.18. The van der Waals surface area contributed by atoms with Gasteiger partial charge >= 0.3 is 0 Å². The summed E-state index contributed by atoms with van der Waals surface area (Å²) in [5, 5.41) is 0. The van der Waals surface area contributed by atoms with E-state index in [1.807, 2.05) is 0 Å². The zero-order valence-electron chi connectivity index (χ0n) is 8.99. The van der Waals surface area contributed by atoms with E-state index in [2.05, 4.69) is 17.1 Å². The second kappa shape index (κ2) is 4.94. The van der Waals surface area contributed by atoms with Crippen molar-refractivity contribution in [2.24, 2.45) is 11.7 Å². The Morgan fingerprint density at radius 1 is 1.14 bits per heavy atom. The van der Waals surface area contributed by atoms with Crippen molar-refractivity contribution in [1.29, 1.82) is 0 Å². The molecule has 2 rings (SSSR count). The van der Waals surface area contributed by atoms with Gasteiger partial charge in [-0.25, -0.2) is 0 Å². The Kier molecular flexibility index (Phi) is 3.60. The average molecular weight is 194 g/mol. The summed E-state index contributed by atoms with van der Waals surface area (Å²) in [4.78, 5) is 2.65. The molecule has 14 heavy (non-hydrogen) atoms. The highest BCUT2D eigenvalue weighted by atomic mass is 15.2. The van der Waals surface area contributed by atoms with Crippen LogP contribution in [-0.2, 0) is 0 Å². The molecule has 0 bridgehead atoms. The third-order valence-corrected chi connectivity index (χ3v) is 3.77. The molecule has 0 radical (unpaired) electrons. The first-order chi connectivity index (χ1) is 6.92. The fourth-order valence-electron chi connectivity index (χ4n) is 3.04. The predicted molar refractivity (Wildman–Crippen MR) is 60.1 cm³/mol. The largest absolute Gasteiger partial charge is 0.327 e. The molecule has 2 atom stereocenters. The maximum Gasteiger partial charge on any atom is 0.0166 e. The lowest BCUT2D eigenvalue weighted by Crippen LogP contribution is -2.34. The molecule has 0 unspecified atom stereocenters. The van der Waals surface area contributed by atoms with Gasteiger partial charge in [-0.3, -0.25) is 4.90 Å². The highest BCUT2D eigenvalue weighted by molar-refractivity contribution is 4.94. The molecule has 2 nitrogen and oxygen atoms in total. The summed E-state index contributed by atoms with van der Waals surface area (Å²) < 4.78 is 0. The van der Waals surface area contributed by atoms with Gasteiger partial charge in [0.25, 0.3) is 0 Å². The van der Waals surface area contributed by atoms with Gasteiger partial charge in [0.15, 0.2) is 0 Å². The van der Waals surface area contributed by atoms with Crippen LogP contribution in [0.1, 0.15) is 32.1 Å². The van der Waals surface area contributed by atoms with Gasteiger partial charge in [0.05, 0.1) is 0 Å². The number of rotatable bonds is 3. The summed E-state index contributed by atoms with van der Waals surface area (Å²) in [6.07, 6.45) is 11.6. The molecule has 1 aliphatic heterocycles. The number of likely N-dealkylation sites (tertiary alicyclic amines) is 1. The van der Waals surface area contributed by atoms with Crippen molar-refractivity contribution < 1.29 is 0 Å². The van der Waals surface area contributed by atoms with Gasteiger partial charge in [0.1, 0.15) is 0 Å². The highest BCUT2D eigenvalue weighted by Gasteiger charge is 2.34. The lowest BCUT2D eigenvalue weighted by Gasteiger charge is -2.31. The van der Waals surface area contributed by atoms with Crippen LogP contribution in [0.3, 0.4) is 0 Å². The van der Waals surface area contributed by atoms with Gasteiger partial charge in [-0.2, -0.15) is 0 Å². The van der Waals surface area contributed by atoms with Crippen LogP contribution < -0.4 is 5.73 Å². The van der Waals surface area contributed by atoms with Gasteiger partial charge in [0.2, 0.25) is 0 Å². The van der Waals surface area contributed by atoms with Gasteiger partial charge in [-0.15, -0.1) is 0 Å². The molecule has 2 heteroatoms. The summed E-state index contributed by atoms with van der Waals surface area (Å²) in [5.41, 5.74) is 5.44. The van der Waals surface area contributed by atoms with Gasteiger partial charge in [-0.05, 0) is 31.7 Å². The Morgan fingerprint density at radius 2 is 2.00 bits per heavy atom. The van der Waals surface area contributed by atoms with E-state index in [0.29, 0.717) is 6.54 Å². The van der Waals surface area contributed by atoms with Gasteiger partial charge in [0, 0.05) is 19.1 Å². The lowest BCUT2D eigenvalue weighted by atomic mass is 9.85. The Balaban J connectivity index is 1.84. The van der Waals surface area contributed by atoms with Crippen LogP contribution in [0, 0.1) is 5.92 Å². The molecule has 1 saturated heterocycles. The maximum atomic E-state index is 5.44. The first-order valence-corrected chi connectivity index (χ1v) is 6.01. The number of hydrogen-bond donors (Lipinski definition) is 1. The summed E-state index contributed by atoms with van der Waals surface area (Å²) >= 11 is 0. The minimum Gasteiger partial charge on any atom is -0.327 e. The predicted octanol–water partition coefficient (Wildman–Crippen LogP) is 1.77. The highest BCUT2D eigenvalue weighted by Crippen LogP contribution is 2.35. The molecule has 0 amide bonds. The molecule has 2 N–H and O–H groups in total. The molecule has 0 aromatic heterocycles. The van der Waals surface area contributed by atoms with E-state index in [1.165, 1.54) is 38.6 Å². The lowest BCUT2D eigenvalue weighted by molar-refractivity contribution is 0.198. The van der Waals surface area contributed by atoms with E-state index in [-0.39, 0.29) is 0 Å². The van der Waals surface area contributed by atoms with Crippen molar-refractivity contribution in [3.8, 4) is 0 Å². The normalized spacial score (nSPS) is 33.8. The van der Waals surface area contributed by atoms with Gasteiger partial charge < -0.3 is 5.73 Å². The summed E-state index contributed by atoms with van der Waals surface area (Å²) in [6.45, 7) is 3.12. The molecule has 1 saturated carbocycles. The fraction of sp³-hybridized carbons (Fsp3) is 0.833. The first kappa shape index (κ1) is 10.2. The van der Waals surface area contributed by atoms with E-state index in [9.17, 15) is 0 Å². The molecule has 1 heterocycles. The number of nitrogens with zero attached hydrogens (tertiary/aromatic N) is 1. The van der Waals surface area contributed by atoms with Crippen LogP contribution >= 0.6 is 0 Å². The van der Waals surface area contributed by atoms with Crippen molar-refractivity contribution in [3.05, 3.63) is 12.2 Å². The van der Waals surface area contributed by atoms with Crippen LogP contribution in [0.15, 0.2) is 12.2 Å². The second-order valence-corrected chi connectivity index (χ2v) is 4.60. The molecule has 0 aromatic carbocycles. The molecular formula is C12H22N2. The number of nitrogens with two attached hydrogens (primary N) is 1. The Labute approximate surface area is 87.2 Å². The molecule has 1 aliphatic carbocycles. The zero-order chi connectivity index (χ0) is 9.80. The van der Waals surface area contributed by atoms with Crippen molar-refractivity contribution in [1.82, 2.24) is 4.90 Å². The summed E-state index contributed by atoms with van der Waals surface area (Å²) in [7, 11) is 0. The van der Waals surface area contributed by atoms with Crippen molar-refractivity contribution in [2.75, 3.05) is 19.6 Å². The molecule has 2 fully saturated rings. The van der Waals surface area contributed by atoms with E-state index in [4.69, 9.17) is 5.73 Å². The van der Waals surface area contributed by atoms with E-state index < -0.39 is 0 Å². The Morgan fingerprint density at radius 3 is 2.86 bits per heavy atom. The quantitative estimate of drug-likeness (QED) is 0.694. The number of hydrogen-bond acceptors (Lipinski definition) is 2. The maximum absolute atomic E-state index is 5.44. The average Bonchev–Trinajstić information content (AvgIpc) is 2.63. The monoisotopic (exact) mass is 194 g/mol. The smallest absolute Gasteiger partial charge is 0.0166 e. The Hall–Kier alpha value is -0.340. The van der Waals surface area contributed by atoms with Crippen molar-refractivity contribution >= 4 is 0 Å². The molecule has 80 valence electrons. The first-order valence-electron chi connectivity index (χ1n) is 6.01. The Bertz CT molecular complexity index is 200. The third-order valence-electron chi connectivity index (χ3n) is 3.77. The SMILES string of the molecule is NC/C=C/CN1CC[C@@H]2CCCC[C@@H]21. The number of fused-ring (bicyclic) bond motifs is 1. The van der Waals surface area contributed by atoms with Crippen LogP contribution in [0.2, 0.25) is 0 Å². The standard InChI is InChI=1S/C12H22N2/c13-8-3-4-9-14-10-7-11-5-1-2-6-12(11)14/h3-4,11-12H,1-2,5-10,13H2/b4-3+/t11-,12-/m0/s1. The summed E-state index contributed by atoms with van der Waals surface area (Å²) in [5.74, 6) is 1.01. The minimum atomic E-state index is 0.682. The van der Waals surface area contributed by atoms with Crippen molar-refractivity contribution in [2.45, 2.75) is 38.1 Å². The van der Waals surface area contributed by atoms with E-state index >= 15 is 0 Å². The fourth-order valence-corrected chi connectivity index (χ4v) is 3.04. The van der Waals surface area contributed by atoms with Crippen LogP contribution in [0.5, 0.6) is 0 Å². The van der Waals surface area contributed by atoms with Crippen LogP contribution in [0.4, 0.5) is 0 Å². The topological polar surface area (TPSA) is 29.3 Å². The van der Waals surface area contributed by atoms with E-state index in [1.54, 1.807) is 0 Å². The van der Waals surface area contributed by atoms with Crippen molar-refractivity contribution in [3.63, 3.8) is 0 Å². The van der Waals surface area contributed by atoms with Gasteiger partial charge in [-0.1, -0.05) is 25.0 Å². The molecule has 0 spiro atoms. The summed E-state index contributed by atoms with van der Waals surface area (Å²) in [6, 6.07) is 0.895. The molecule has 0 aromatic rings. The minimum absolute atomic E-state index is 0.682. The molecule has 2 aliphatic rings. The van der Waals surface area contributed by atoms with Crippen LogP contribution in [0.25, 0.3) is 0 Å². The zero-order valence-corrected chi connectivity index (χ0v) is 8.99. The molecular weight excluding hydrogens is 172 g/mol. The van der Waals surface area contributed by atoms with E-state index in [0.717, 1.165) is 18.5 Å². The second-order valence-electron chi connectivity index (χ2n) is 4.60.